The lowest BCUT2D eigenvalue weighted by atomic mass is 9.69. The van der Waals surface area contributed by atoms with Crippen molar-refractivity contribution in [3.63, 3.8) is 0 Å². The molecule has 0 saturated carbocycles. The van der Waals surface area contributed by atoms with E-state index in [1.165, 1.54) is 24.1 Å². The third kappa shape index (κ3) is 4.16. The van der Waals surface area contributed by atoms with Crippen molar-refractivity contribution in [2.24, 2.45) is 5.41 Å². The molecule has 0 N–H and O–H groups in total. The molecule has 8 heteroatoms. The monoisotopic (exact) mass is 464 g/mol. The second kappa shape index (κ2) is 8.93. The molecule has 34 heavy (non-hydrogen) atoms. The van der Waals surface area contributed by atoms with Crippen LogP contribution in [0.15, 0.2) is 53.7 Å². The third-order valence-corrected chi connectivity index (χ3v) is 6.36. The van der Waals surface area contributed by atoms with Crippen molar-refractivity contribution in [1.82, 2.24) is 0 Å². The fraction of sp³-hybridized carbons (Fsp3) is 0.385. The minimum Gasteiger partial charge on any atom is -0.496 e. The number of ketones is 1. The van der Waals surface area contributed by atoms with Gasteiger partial charge in [0.1, 0.15) is 17.2 Å². The van der Waals surface area contributed by atoms with Gasteiger partial charge in [-0.25, -0.2) is 0 Å². The highest BCUT2D eigenvalue weighted by molar-refractivity contribution is 6.08. The lowest BCUT2D eigenvalue weighted by molar-refractivity contribution is -0.384. The average molecular weight is 465 g/mol. The summed E-state index contributed by atoms with van der Waals surface area (Å²) in [5, 5.41) is 11.9. The molecular weight excluding hydrogens is 436 g/mol. The standard InChI is InChI=1S/C26H28N2O6/c1-5-34-23-9-7-6-8-17(23)18-13-24(30)27(21-14-26(2,3)15-22(29)25(18)21)19-11-10-16(33-4)12-20(19)28(31)32/h6-12,18H,5,13-15H2,1-4H3. The summed E-state index contributed by atoms with van der Waals surface area (Å²) >= 11 is 0. The fourth-order valence-corrected chi connectivity index (χ4v) is 4.98. The molecule has 0 aromatic heterocycles. The molecule has 1 unspecified atom stereocenters. The van der Waals surface area contributed by atoms with Crippen LogP contribution in [0.1, 0.15) is 51.5 Å². The molecule has 0 saturated heterocycles. The summed E-state index contributed by atoms with van der Waals surface area (Å²) in [5.41, 5.74) is 1.35. The average Bonchev–Trinajstić information content (AvgIpc) is 2.78. The van der Waals surface area contributed by atoms with E-state index >= 15 is 0 Å². The van der Waals surface area contributed by atoms with E-state index in [1.54, 1.807) is 6.07 Å². The third-order valence-electron chi connectivity index (χ3n) is 6.36. The Bertz CT molecular complexity index is 1200. The van der Waals surface area contributed by atoms with Gasteiger partial charge in [-0.15, -0.1) is 0 Å². The van der Waals surface area contributed by atoms with E-state index in [4.69, 9.17) is 9.47 Å². The highest BCUT2D eigenvalue weighted by Crippen LogP contribution is 2.50. The number of nitro benzene ring substituents is 1. The topological polar surface area (TPSA) is 99.0 Å². The number of methoxy groups -OCH3 is 1. The second-order valence-corrected chi connectivity index (χ2v) is 9.37. The number of rotatable bonds is 6. The number of nitro groups is 1. The van der Waals surface area contributed by atoms with Gasteiger partial charge in [-0.3, -0.25) is 24.6 Å². The zero-order valence-electron chi connectivity index (χ0n) is 19.8. The molecule has 4 rings (SSSR count). The Hall–Kier alpha value is -3.68. The van der Waals surface area contributed by atoms with Gasteiger partial charge >= 0.3 is 0 Å². The van der Waals surface area contributed by atoms with Crippen LogP contribution in [-0.2, 0) is 9.59 Å². The van der Waals surface area contributed by atoms with E-state index in [0.29, 0.717) is 42.2 Å². The second-order valence-electron chi connectivity index (χ2n) is 9.37. The van der Waals surface area contributed by atoms with Crippen LogP contribution in [0, 0.1) is 15.5 Å². The van der Waals surface area contributed by atoms with Crippen molar-refractivity contribution in [2.45, 2.75) is 46.0 Å². The van der Waals surface area contributed by atoms with E-state index in [0.717, 1.165) is 5.56 Å². The minimum atomic E-state index is -0.530. The summed E-state index contributed by atoms with van der Waals surface area (Å²) in [6.45, 7) is 6.27. The Kier molecular flexibility index (Phi) is 6.17. The van der Waals surface area contributed by atoms with Crippen molar-refractivity contribution < 1.29 is 24.0 Å². The van der Waals surface area contributed by atoms with Crippen LogP contribution in [0.4, 0.5) is 11.4 Å². The molecule has 0 fully saturated rings. The molecule has 178 valence electrons. The molecule has 1 aliphatic carbocycles. The number of ether oxygens (including phenoxy) is 2. The van der Waals surface area contributed by atoms with Crippen LogP contribution < -0.4 is 14.4 Å². The number of anilines is 1. The minimum absolute atomic E-state index is 0.0122. The molecule has 2 aromatic carbocycles. The van der Waals surface area contributed by atoms with E-state index in [2.05, 4.69) is 0 Å². The maximum atomic E-state index is 13.6. The number of amides is 1. The lowest BCUT2D eigenvalue weighted by Crippen LogP contribution is -2.44. The summed E-state index contributed by atoms with van der Waals surface area (Å²) in [5.74, 6) is 0.140. The van der Waals surface area contributed by atoms with Crippen molar-refractivity contribution in [1.29, 1.82) is 0 Å². The molecule has 8 nitrogen and oxygen atoms in total. The number of para-hydroxylation sites is 1. The number of carbonyl (C=O) groups excluding carboxylic acids is 2. The maximum absolute atomic E-state index is 13.6. The molecular formula is C26H28N2O6. The summed E-state index contributed by atoms with van der Waals surface area (Å²) in [6.07, 6.45) is 0.792. The van der Waals surface area contributed by atoms with Gasteiger partial charge in [-0.05, 0) is 37.0 Å². The molecule has 0 bridgehead atoms. The van der Waals surface area contributed by atoms with Crippen molar-refractivity contribution in [2.75, 3.05) is 18.6 Å². The SMILES string of the molecule is CCOc1ccccc1C1CC(=O)N(c2ccc(OC)cc2[N+](=O)[O-])C2=C1C(=O)CC(C)(C)C2. The molecule has 0 radical (unpaired) electrons. The van der Waals surface area contributed by atoms with Gasteiger partial charge in [0.25, 0.3) is 5.69 Å². The number of Topliss-reactive ketones (excluding diaryl/α,β-unsaturated/α-hetero) is 1. The van der Waals surface area contributed by atoms with Gasteiger partial charge in [0.05, 0.1) is 24.7 Å². The number of nitrogens with zero attached hydrogens (tertiary/aromatic N) is 2. The number of allylic oxidation sites excluding steroid dienone is 2. The molecule has 2 aromatic rings. The normalized spacial score (nSPS) is 19.6. The summed E-state index contributed by atoms with van der Waals surface area (Å²) < 4.78 is 11.0. The molecule has 1 aliphatic heterocycles. The largest absolute Gasteiger partial charge is 0.496 e. The molecule has 1 atom stereocenters. The van der Waals surface area contributed by atoms with Crippen molar-refractivity contribution in [3.8, 4) is 11.5 Å². The van der Waals surface area contributed by atoms with Gasteiger partial charge in [0, 0.05) is 35.6 Å². The molecule has 1 heterocycles. The Morgan fingerprint density at radius 2 is 1.88 bits per heavy atom. The summed E-state index contributed by atoms with van der Waals surface area (Å²) in [6, 6.07) is 11.8. The van der Waals surface area contributed by atoms with E-state index in [-0.39, 0.29) is 29.5 Å². The summed E-state index contributed by atoms with van der Waals surface area (Å²) in [4.78, 5) is 39.9. The van der Waals surface area contributed by atoms with Crippen LogP contribution in [0.2, 0.25) is 0 Å². The Morgan fingerprint density at radius 1 is 1.15 bits per heavy atom. The Morgan fingerprint density at radius 3 is 2.56 bits per heavy atom. The van der Waals surface area contributed by atoms with Crippen molar-refractivity contribution in [3.05, 3.63) is 69.4 Å². The van der Waals surface area contributed by atoms with E-state index < -0.39 is 16.3 Å². The van der Waals surface area contributed by atoms with E-state index in [9.17, 15) is 19.7 Å². The number of hydrogen-bond donors (Lipinski definition) is 0. The van der Waals surface area contributed by atoms with Crippen LogP contribution in [0.25, 0.3) is 0 Å². The van der Waals surface area contributed by atoms with Gasteiger partial charge in [0.15, 0.2) is 5.78 Å². The van der Waals surface area contributed by atoms with Crippen LogP contribution in [0.3, 0.4) is 0 Å². The fourth-order valence-electron chi connectivity index (χ4n) is 4.98. The quantitative estimate of drug-likeness (QED) is 0.432. The number of carbonyl (C=O) groups is 2. The summed E-state index contributed by atoms with van der Waals surface area (Å²) in [7, 11) is 1.42. The van der Waals surface area contributed by atoms with Crippen molar-refractivity contribution >= 4 is 23.1 Å². The first-order valence-corrected chi connectivity index (χ1v) is 11.3. The maximum Gasteiger partial charge on any atom is 0.297 e. The van der Waals surface area contributed by atoms with Gasteiger partial charge in [-0.2, -0.15) is 0 Å². The van der Waals surface area contributed by atoms with Gasteiger partial charge in [0.2, 0.25) is 5.91 Å². The highest BCUT2D eigenvalue weighted by atomic mass is 16.6. The molecule has 2 aliphatic rings. The zero-order valence-corrected chi connectivity index (χ0v) is 19.8. The van der Waals surface area contributed by atoms with Crippen LogP contribution in [-0.4, -0.2) is 30.3 Å². The smallest absolute Gasteiger partial charge is 0.297 e. The van der Waals surface area contributed by atoms with Crippen LogP contribution >= 0.6 is 0 Å². The van der Waals surface area contributed by atoms with Gasteiger partial charge < -0.3 is 9.47 Å². The molecule has 1 amide bonds. The highest BCUT2D eigenvalue weighted by Gasteiger charge is 2.46. The number of hydrogen-bond acceptors (Lipinski definition) is 6. The first-order chi connectivity index (χ1) is 16.2. The predicted molar refractivity (Wildman–Crippen MR) is 127 cm³/mol. The predicted octanol–water partition coefficient (Wildman–Crippen LogP) is 5.17. The van der Waals surface area contributed by atoms with Crippen LogP contribution in [0.5, 0.6) is 11.5 Å². The Labute approximate surface area is 198 Å². The zero-order chi connectivity index (χ0) is 24.6. The first kappa shape index (κ1) is 23.5. The Balaban J connectivity index is 1.95. The first-order valence-electron chi connectivity index (χ1n) is 11.3. The lowest BCUT2D eigenvalue weighted by Gasteiger charge is -2.42. The van der Waals surface area contributed by atoms with Gasteiger partial charge in [-0.1, -0.05) is 32.0 Å². The van der Waals surface area contributed by atoms with E-state index in [1.807, 2.05) is 45.0 Å². The number of benzene rings is 2. The molecule has 0 spiro atoms.